The summed E-state index contributed by atoms with van der Waals surface area (Å²) in [5.41, 5.74) is 4.95. The second kappa shape index (κ2) is 22.0. The zero-order valence-corrected chi connectivity index (χ0v) is 39.4. The summed E-state index contributed by atoms with van der Waals surface area (Å²) in [4.78, 5) is 23.1. The van der Waals surface area contributed by atoms with Gasteiger partial charge in [0, 0.05) is 84.8 Å². The number of sulfonamides is 1. The van der Waals surface area contributed by atoms with E-state index in [1.807, 2.05) is 72.8 Å². The number of thioether (sulfide) groups is 1. The first kappa shape index (κ1) is 47.2. The predicted octanol–water partition coefficient (Wildman–Crippen LogP) is 8.50. The monoisotopic (exact) mass is 958 g/mol. The van der Waals surface area contributed by atoms with E-state index in [0.29, 0.717) is 36.0 Å². The van der Waals surface area contributed by atoms with Crippen LogP contribution in [0.4, 0.5) is 15.8 Å². The molecule has 8 rings (SSSR count). The molecule has 3 fully saturated rings. The molecule has 11 nitrogen and oxygen atoms in total. The van der Waals surface area contributed by atoms with Crippen molar-refractivity contribution in [2.24, 2.45) is 0 Å². The van der Waals surface area contributed by atoms with Crippen LogP contribution in [0.3, 0.4) is 0 Å². The van der Waals surface area contributed by atoms with Gasteiger partial charge in [-0.1, -0.05) is 66.2 Å². The Kier molecular flexibility index (Phi) is 16.0. The highest BCUT2D eigenvalue weighted by Gasteiger charge is 2.35. The Labute approximate surface area is 394 Å². The fourth-order valence-electron chi connectivity index (χ4n) is 9.08. The third-order valence-electron chi connectivity index (χ3n) is 12.7. The summed E-state index contributed by atoms with van der Waals surface area (Å²) < 4.78 is 67.9. The molecule has 5 aromatic carbocycles. The fourth-order valence-corrected chi connectivity index (χ4v) is 11.8. The lowest BCUT2D eigenvalue weighted by atomic mass is 9.99. The van der Waals surface area contributed by atoms with Gasteiger partial charge in [0.05, 0.1) is 15.5 Å². The summed E-state index contributed by atoms with van der Waals surface area (Å²) in [6, 6.07) is 36.8. The zero-order chi connectivity index (χ0) is 45.3. The Balaban J connectivity index is 0.873. The second-order valence-corrected chi connectivity index (χ2v) is 21.1. The van der Waals surface area contributed by atoms with Crippen LogP contribution in [0.5, 0.6) is 0 Å². The SMILES string of the molecule is O=C(NS(=O)(=O)c1ccc(N[C@H](CCN2CCC(N3CCCC3)C(F)C2)CSc2ccccc2)c(S(=O)O)c1)c1ccc(N2CCN(Cc3ccccc3-c3ccc(Cl)cc3)CC2)cc1. The predicted molar refractivity (Wildman–Crippen MR) is 261 cm³/mol. The van der Waals surface area contributed by atoms with Crippen molar-refractivity contribution in [2.45, 2.75) is 65.2 Å². The standard InChI is InChI=1S/C49H56ClFN6O5S3/c50-39-16-12-36(13-17-39)44-11-5-4-8-38(44)33-55-28-30-56(31-29-55)41-18-14-37(15-19-41)49(58)53-65(61,62)43-20-21-46(48(32-43)64(59)60)52-40(35-63-42-9-2-1-3-10-42)22-26-54-27-23-47(45(51)34-54)57-24-6-7-25-57/h1-5,8-21,32,40,45,47,52H,6-7,22-31,33-35H2,(H,53,58)(H,59,60)/t40-,45?,47?/m1/s1. The summed E-state index contributed by atoms with van der Waals surface area (Å²) in [5.74, 6) is -0.205. The number of anilines is 2. The first-order chi connectivity index (χ1) is 31.5. The van der Waals surface area contributed by atoms with Crippen LogP contribution in [0.2, 0.25) is 5.02 Å². The van der Waals surface area contributed by atoms with E-state index in [9.17, 15) is 22.0 Å². The molecule has 3 aliphatic rings. The fraction of sp³-hybridized carbons (Fsp3) is 0.367. The number of halogens is 2. The highest BCUT2D eigenvalue weighted by atomic mass is 35.5. The molecule has 65 heavy (non-hydrogen) atoms. The maximum Gasteiger partial charge on any atom is 0.264 e. The summed E-state index contributed by atoms with van der Waals surface area (Å²) in [5, 5.41) is 4.11. The van der Waals surface area contributed by atoms with Gasteiger partial charge in [0.2, 0.25) is 0 Å². The first-order valence-corrected chi connectivity index (χ1v) is 26.2. The number of piperidine rings is 1. The first-order valence-electron chi connectivity index (χ1n) is 22.3. The molecule has 3 saturated heterocycles. The van der Waals surface area contributed by atoms with E-state index in [2.05, 4.69) is 47.8 Å². The van der Waals surface area contributed by atoms with Gasteiger partial charge in [-0.05, 0) is 129 Å². The third kappa shape index (κ3) is 12.4. The number of piperazine rings is 1. The highest BCUT2D eigenvalue weighted by molar-refractivity contribution is 7.99. The van der Waals surface area contributed by atoms with Crippen molar-refractivity contribution >= 4 is 61.7 Å². The molecule has 0 aromatic heterocycles. The van der Waals surface area contributed by atoms with Crippen LogP contribution in [0, 0.1) is 0 Å². The minimum Gasteiger partial charge on any atom is -0.380 e. The van der Waals surface area contributed by atoms with Crippen LogP contribution in [-0.4, -0.2) is 121 Å². The molecule has 16 heteroatoms. The molecule has 0 radical (unpaired) electrons. The minimum atomic E-state index is -4.43. The smallest absolute Gasteiger partial charge is 0.264 e. The van der Waals surface area contributed by atoms with Crippen LogP contribution in [0.1, 0.15) is 41.6 Å². The molecule has 3 aliphatic heterocycles. The number of rotatable bonds is 17. The lowest BCUT2D eigenvalue weighted by Gasteiger charge is -2.39. The van der Waals surface area contributed by atoms with Crippen molar-refractivity contribution in [2.75, 3.05) is 74.9 Å². The van der Waals surface area contributed by atoms with Crippen LogP contribution in [0.15, 0.2) is 136 Å². The van der Waals surface area contributed by atoms with Crippen molar-refractivity contribution in [1.29, 1.82) is 0 Å². The van der Waals surface area contributed by atoms with Crippen molar-refractivity contribution in [3.05, 3.63) is 137 Å². The molecule has 344 valence electrons. The van der Waals surface area contributed by atoms with E-state index in [0.717, 1.165) is 93.8 Å². The summed E-state index contributed by atoms with van der Waals surface area (Å²) >= 11 is 5.21. The lowest BCUT2D eigenvalue weighted by Crippen LogP contribution is -2.52. The van der Waals surface area contributed by atoms with Gasteiger partial charge in [0.15, 0.2) is 11.1 Å². The molecule has 0 aliphatic carbocycles. The van der Waals surface area contributed by atoms with Gasteiger partial charge in [-0.15, -0.1) is 11.8 Å². The van der Waals surface area contributed by atoms with E-state index < -0.39 is 33.2 Å². The lowest BCUT2D eigenvalue weighted by molar-refractivity contribution is 0.0449. The van der Waals surface area contributed by atoms with Crippen molar-refractivity contribution in [3.63, 3.8) is 0 Å². The average Bonchev–Trinajstić information content (AvgIpc) is 3.86. The number of carbonyl (C=O) groups is 1. The van der Waals surface area contributed by atoms with Crippen LogP contribution in [0.25, 0.3) is 11.1 Å². The molecule has 5 aromatic rings. The molecule has 0 bridgehead atoms. The Morgan fingerprint density at radius 3 is 2.26 bits per heavy atom. The molecule has 0 spiro atoms. The molecule has 4 atom stereocenters. The highest BCUT2D eigenvalue weighted by Crippen LogP contribution is 2.30. The molecule has 0 saturated carbocycles. The van der Waals surface area contributed by atoms with Crippen LogP contribution < -0.4 is 14.9 Å². The van der Waals surface area contributed by atoms with Gasteiger partial charge in [-0.25, -0.2) is 21.7 Å². The number of hydrogen-bond acceptors (Lipinski definition) is 10. The normalized spacial score (nSPS) is 19.8. The van der Waals surface area contributed by atoms with E-state index >= 15 is 4.39 Å². The van der Waals surface area contributed by atoms with Gasteiger partial charge in [-0.2, -0.15) is 0 Å². The van der Waals surface area contributed by atoms with Crippen molar-refractivity contribution < 1.29 is 26.4 Å². The van der Waals surface area contributed by atoms with Crippen LogP contribution >= 0.6 is 23.4 Å². The number of amides is 1. The molecular formula is C49H56ClFN6O5S3. The maximum atomic E-state index is 15.4. The third-order valence-corrected chi connectivity index (χ3v) is 16.1. The minimum absolute atomic E-state index is 0.0287. The molecule has 3 N–H and O–H groups in total. The number of hydrogen-bond donors (Lipinski definition) is 3. The largest absolute Gasteiger partial charge is 0.380 e. The summed E-state index contributed by atoms with van der Waals surface area (Å²) in [6.45, 7) is 7.80. The molecular weight excluding hydrogens is 903 g/mol. The van der Waals surface area contributed by atoms with E-state index in [4.69, 9.17) is 11.6 Å². The Morgan fingerprint density at radius 2 is 1.55 bits per heavy atom. The van der Waals surface area contributed by atoms with E-state index in [1.54, 1.807) is 23.9 Å². The van der Waals surface area contributed by atoms with Gasteiger partial charge in [0.25, 0.3) is 15.9 Å². The average molecular weight is 960 g/mol. The van der Waals surface area contributed by atoms with Gasteiger partial charge < -0.3 is 19.7 Å². The topological polar surface area (TPSA) is 126 Å². The maximum absolute atomic E-state index is 15.4. The zero-order valence-electron chi connectivity index (χ0n) is 36.2. The van der Waals surface area contributed by atoms with E-state index in [1.165, 1.54) is 23.3 Å². The molecule has 3 heterocycles. The summed E-state index contributed by atoms with van der Waals surface area (Å²) in [6.07, 6.45) is 2.75. The van der Waals surface area contributed by atoms with Crippen molar-refractivity contribution in [1.82, 2.24) is 19.4 Å². The quantitative estimate of drug-likeness (QED) is 0.0614. The van der Waals surface area contributed by atoms with Gasteiger partial charge >= 0.3 is 0 Å². The van der Waals surface area contributed by atoms with Crippen LogP contribution in [-0.2, 0) is 27.6 Å². The number of nitrogens with zero attached hydrogens (tertiary/aromatic N) is 4. The van der Waals surface area contributed by atoms with Gasteiger partial charge in [-0.3, -0.25) is 14.6 Å². The molecule has 1 amide bonds. The second-order valence-electron chi connectivity index (χ2n) is 17.0. The number of benzene rings is 5. The van der Waals surface area contributed by atoms with E-state index in [-0.39, 0.29) is 27.4 Å². The molecule has 3 unspecified atom stereocenters. The summed E-state index contributed by atoms with van der Waals surface area (Å²) in [7, 11) is -4.43. The number of carbonyl (C=O) groups excluding carboxylic acids is 1. The van der Waals surface area contributed by atoms with Gasteiger partial charge in [0.1, 0.15) is 6.17 Å². The Bertz CT molecular complexity index is 2510. The number of nitrogens with one attached hydrogen (secondary N) is 2. The number of likely N-dealkylation sites (tertiary alicyclic amines) is 2. The van der Waals surface area contributed by atoms with Crippen molar-refractivity contribution in [3.8, 4) is 11.1 Å². The Morgan fingerprint density at radius 1 is 0.846 bits per heavy atom. The Hall–Kier alpha value is -4.32. The number of alkyl halides is 1.